The topological polar surface area (TPSA) is 149 Å². The van der Waals surface area contributed by atoms with Crippen molar-refractivity contribution in [1.29, 1.82) is 0 Å². The molecule has 1 heterocycles. The van der Waals surface area contributed by atoms with Crippen LogP contribution in [0.3, 0.4) is 0 Å². The molecule has 7 atom stereocenters. The molecule has 78 heavy (non-hydrogen) atoms. The Balaban J connectivity index is 2.02. The monoisotopic (exact) mass is 1110 g/mol. The standard InChI is InChI=1S/C69H135NO8/c1-3-5-7-9-11-13-15-17-19-21-22-23-24-25-26-27-28-29-30-31-32-33-34-35-36-37-38-39-40-41-42-43-45-47-49-51-53-55-57-59-65(73)70-62(61-77-69-68(76)67(75)66(74)64(60-71)78-69)63(72)58-56-54-52-50-48-46-44-20-18-16-14-12-10-8-6-4-2/h31-32,62-64,66-69,71-72,74-76H,3-30,33-61H2,1-2H3,(H,70,73)/b32-31-. The molecule has 1 amide bonds. The van der Waals surface area contributed by atoms with E-state index in [2.05, 4.69) is 31.3 Å². The fraction of sp³-hybridized carbons (Fsp3) is 0.957. The van der Waals surface area contributed by atoms with Crippen molar-refractivity contribution in [3.05, 3.63) is 12.2 Å². The Morgan fingerprint density at radius 3 is 1.04 bits per heavy atom. The van der Waals surface area contributed by atoms with E-state index >= 15 is 0 Å². The van der Waals surface area contributed by atoms with Gasteiger partial charge >= 0.3 is 0 Å². The molecule has 1 rings (SSSR count). The molecule has 9 heteroatoms. The fourth-order valence-electron chi connectivity index (χ4n) is 11.6. The summed E-state index contributed by atoms with van der Waals surface area (Å²) in [5, 5.41) is 54.8. The number of aliphatic hydroxyl groups excluding tert-OH is 5. The van der Waals surface area contributed by atoms with Crippen LogP contribution >= 0.6 is 0 Å². The zero-order valence-electron chi connectivity index (χ0n) is 52.0. The minimum atomic E-state index is -1.55. The molecule has 0 radical (unpaired) electrons. The van der Waals surface area contributed by atoms with Gasteiger partial charge in [-0.15, -0.1) is 0 Å². The predicted molar refractivity (Wildman–Crippen MR) is 332 cm³/mol. The Bertz CT molecular complexity index is 1240. The maximum Gasteiger partial charge on any atom is 0.220 e. The van der Waals surface area contributed by atoms with Gasteiger partial charge in [-0.2, -0.15) is 0 Å². The molecule has 6 N–H and O–H groups in total. The Kier molecular flexibility index (Phi) is 56.8. The highest BCUT2D eigenvalue weighted by atomic mass is 16.7. The van der Waals surface area contributed by atoms with Crippen LogP contribution in [0.25, 0.3) is 0 Å². The molecule has 0 aliphatic carbocycles. The van der Waals surface area contributed by atoms with Gasteiger partial charge in [0.25, 0.3) is 0 Å². The van der Waals surface area contributed by atoms with Crippen LogP contribution in [0.2, 0.25) is 0 Å². The molecule has 1 aliphatic rings. The third kappa shape index (κ3) is 47.4. The van der Waals surface area contributed by atoms with Gasteiger partial charge in [0, 0.05) is 6.42 Å². The van der Waals surface area contributed by atoms with Crippen molar-refractivity contribution < 1.29 is 39.8 Å². The lowest BCUT2D eigenvalue weighted by atomic mass is 9.99. The van der Waals surface area contributed by atoms with E-state index in [1.54, 1.807) is 0 Å². The zero-order chi connectivity index (χ0) is 56.5. The number of unbranched alkanes of at least 4 members (excludes halogenated alkanes) is 50. The maximum absolute atomic E-state index is 13.1. The van der Waals surface area contributed by atoms with Crippen LogP contribution in [0.4, 0.5) is 0 Å². The molecular formula is C69H135NO8. The van der Waals surface area contributed by atoms with Crippen LogP contribution in [-0.4, -0.2) is 87.5 Å². The summed E-state index contributed by atoms with van der Waals surface area (Å²) in [6.07, 6.45) is 68.7. The zero-order valence-corrected chi connectivity index (χ0v) is 52.0. The van der Waals surface area contributed by atoms with Crippen LogP contribution in [0.15, 0.2) is 12.2 Å². The summed E-state index contributed by atoms with van der Waals surface area (Å²) in [5.74, 6) is -0.136. The predicted octanol–water partition coefficient (Wildman–Crippen LogP) is 18.7. The van der Waals surface area contributed by atoms with Crippen molar-refractivity contribution in [2.45, 2.75) is 410 Å². The number of nitrogens with one attached hydrogen (secondary N) is 1. The summed E-state index contributed by atoms with van der Waals surface area (Å²) >= 11 is 0. The van der Waals surface area contributed by atoms with Gasteiger partial charge in [0.15, 0.2) is 6.29 Å². The summed E-state index contributed by atoms with van der Waals surface area (Å²) in [6.45, 7) is 3.89. The molecule has 0 aromatic carbocycles. The minimum Gasteiger partial charge on any atom is -0.394 e. The second-order valence-corrected chi connectivity index (χ2v) is 24.7. The number of carbonyl (C=O) groups excluding carboxylic acids is 1. The summed E-state index contributed by atoms with van der Waals surface area (Å²) in [7, 11) is 0. The van der Waals surface area contributed by atoms with E-state index in [1.165, 1.54) is 302 Å². The lowest BCUT2D eigenvalue weighted by Crippen LogP contribution is -2.60. The van der Waals surface area contributed by atoms with Gasteiger partial charge < -0.3 is 40.3 Å². The fourth-order valence-corrected chi connectivity index (χ4v) is 11.6. The highest BCUT2D eigenvalue weighted by Crippen LogP contribution is 2.24. The van der Waals surface area contributed by atoms with E-state index < -0.39 is 49.5 Å². The minimum absolute atomic E-state index is 0.132. The lowest BCUT2D eigenvalue weighted by Gasteiger charge is -2.40. The molecule has 1 aliphatic heterocycles. The van der Waals surface area contributed by atoms with Crippen molar-refractivity contribution in [3.8, 4) is 0 Å². The first kappa shape index (κ1) is 74.9. The van der Waals surface area contributed by atoms with Crippen LogP contribution in [0.1, 0.15) is 367 Å². The number of carbonyl (C=O) groups is 1. The number of allylic oxidation sites excluding steroid dienone is 2. The molecule has 0 bridgehead atoms. The first-order chi connectivity index (χ1) is 38.3. The molecular weight excluding hydrogens is 971 g/mol. The van der Waals surface area contributed by atoms with Gasteiger partial charge in [-0.25, -0.2) is 0 Å². The second kappa shape index (κ2) is 59.1. The SMILES string of the molecule is CCCCCCCCCCCCCCCCCCCC/C=C\CCCCCCCCCCCCCCCCCCCC(=O)NC(COC1OC(CO)C(O)C(O)C1O)C(O)CCCCCCCCCCCCCCCCCC. The average molecular weight is 1110 g/mol. The van der Waals surface area contributed by atoms with Crippen LogP contribution in [-0.2, 0) is 14.3 Å². The Labute approximate surface area is 484 Å². The third-order valence-corrected chi connectivity index (χ3v) is 17.1. The Morgan fingerprint density at radius 1 is 0.423 bits per heavy atom. The van der Waals surface area contributed by atoms with E-state index in [4.69, 9.17) is 9.47 Å². The second-order valence-electron chi connectivity index (χ2n) is 24.7. The highest BCUT2D eigenvalue weighted by molar-refractivity contribution is 5.76. The van der Waals surface area contributed by atoms with Gasteiger partial charge in [-0.1, -0.05) is 334 Å². The number of hydrogen-bond acceptors (Lipinski definition) is 8. The third-order valence-electron chi connectivity index (χ3n) is 17.1. The number of hydrogen-bond donors (Lipinski definition) is 6. The van der Waals surface area contributed by atoms with E-state index in [0.29, 0.717) is 12.8 Å². The first-order valence-electron chi connectivity index (χ1n) is 34.9. The Hall–Kier alpha value is -1.07. The van der Waals surface area contributed by atoms with E-state index in [0.717, 1.165) is 38.5 Å². The number of aliphatic hydroxyl groups is 5. The van der Waals surface area contributed by atoms with E-state index in [1.807, 2.05) is 0 Å². The first-order valence-corrected chi connectivity index (χ1v) is 34.9. The highest BCUT2D eigenvalue weighted by Gasteiger charge is 2.44. The van der Waals surface area contributed by atoms with E-state index in [9.17, 15) is 30.3 Å². The van der Waals surface area contributed by atoms with Crippen molar-refractivity contribution in [1.82, 2.24) is 5.32 Å². The molecule has 1 fully saturated rings. The summed E-state index contributed by atoms with van der Waals surface area (Å²) < 4.78 is 11.3. The quantitative estimate of drug-likeness (QED) is 0.0261. The number of ether oxygens (including phenoxy) is 2. The molecule has 0 aromatic heterocycles. The maximum atomic E-state index is 13.1. The molecule has 0 spiro atoms. The van der Waals surface area contributed by atoms with Gasteiger partial charge in [0.2, 0.25) is 5.91 Å². The molecule has 0 aromatic rings. The van der Waals surface area contributed by atoms with Gasteiger partial charge in [0.05, 0.1) is 25.4 Å². The van der Waals surface area contributed by atoms with Gasteiger partial charge in [-0.3, -0.25) is 4.79 Å². The van der Waals surface area contributed by atoms with Gasteiger partial charge in [-0.05, 0) is 38.5 Å². The Morgan fingerprint density at radius 2 is 0.718 bits per heavy atom. The van der Waals surface area contributed by atoms with Crippen molar-refractivity contribution in [3.63, 3.8) is 0 Å². The van der Waals surface area contributed by atoms with E-state index in [-0.39, 0.29) is 12.5 Å². The van der Waals surface area contributed by atoms with Crippen molar-refractivity contribution in [2.24, 2.45) is 0 Å². The normalized spacial score (nSPS) is 18.6. The van der Waals surface area contributed by atoms with Crippen LogP contribution in [0, 0.1) is 0 Å². The number of rotatable bonds is 62. The average Bonchev–Trinajstić information content (AvgIpc) is 3.45. The largest absolute Gasteiger partial charge is 0.394 e. The number of amides is 1. The lowest BCUT2D eigenvalue weighted by molar-refractivity contribution is -0.302. The van der Waals surface area contributed by atoms with Crippen LogP contribution in [0.5, 0.6) is 0 Å². The molecule has 7 unspecified atom stereocenters. The van der Waals surface area contributed by atoms with Gasteiger partial charge in [0.1, 0.15) is 24.4 Å². The molecule has 464 valence electrons. The molecule has 1 saturated heterocycles. The molecule has 0 saturated carbocycles. The summed E-state index contributed by atoms with van der Waals surface area (Å²) in [5.41, 5.74) is 0. The van der Waals surface area contributed by atoms with Crippen molar-refractivity contribution >= 4 is 5.91 Å². The smallest absolute Gasteiger partial charge is 0.220 e. The van der Waals surface area contributed by atoms with Crippen LogP contribution < -0.4 is 5.32 Å². The summed E-state index contributed by atoms with van der Waals surface area (Å²) in [4.78, 5) is 13.1. The summed E-state index contributed by atoms with van der Waals surface area (Å²) in [6, 6.07) is -0.716. The molecule has 9 nitrogen and oxygen atoms in total. The van der Waals surface area contributed by atoms with Crippen molar-refractivity contribution in [2.75, 3.05) is 13.2 Å².